The van der Waals surface area contributed by atoms with Crippen molar-refractivity contribution in [1.29, 1.82) is 0 Å². The van der Waals surface area contributed by atoms with Gasteiger partial charge in [-0.05, 0) is 24.3 Å². The summed E-state index contributed by atoms with van der Waals surface area (Å²) in [6.45, 7) is 0. The van der Waals surface area contributed by atoms with Gasteiger partial charge in [0.15, 0.2) is 0 Å². The third-order valence-electron chi connectivity index (χ3n) is 3.22. The van der Waals surface area contributed by atoms with Crippen molar-refractivity contribution in [2.75, 3.05) is 0 Å². The van der Waals surface area contributed by atoms with E-state index in [-0.39, 0.29) is 18.4 Å². The summed E-state index contributed by atoms with van der Waals surface area (Å²) in [7, 11) is 0. The Bertz CT molecular complexity index is 445. The average molecular weight is 242 g/mol. The van der Waals surface area contributed by atoms with E-state index in [9.17, 15) is 4.79 Å². The molecule has 1 aromatic rings. The van der Waals surface area contributed by atoms with Crippen LogP contribution in [0.2, 0.25) is 0 Å². The second kappa shape index (κ2) is 5.70. The predicted molar refractivity (Wildman–Crippen MR) is 71.5 cm³/mol. The summed E-state index contributed by atoms with van der Waals surface area (Å²) in [5.41, 5.74) is 6.86. The first-order valence-electron chi connectivity index (χ1n) is 6.26. The van der Waals surface area contributed by atoms with Crippen molar-refractivity contribution < 1.29 is 4.79 Å². The van der Waals surface area contributed by atoms with Crippen molar-refractivity contribution in [2.24, 2.45) is 11.7 Å². The molecule has 3 heteroatoms. The fourth-order valence-electron chi connectivity index (χ4n) is 2.04. The molecular formula is C15H18N2O. The Labute approximate surface area is 108 Å². The molecule has 94 valence electrons. The smallest absolute Gasteiger partial charge is 0.238 e. The Morgan fingerprint density at radius 3 is 2.67 bits per heavy atom. The first-order valence-corrected chi connectivity index (χ1v) is 6.26. The van der Waals surface area contributed by atoms with Crippen molar-refractivity contribution in [2.45, 2.75) is 31.3 Å². The van der Waals surface area contributed by atoms with Gasteiger partial charge in [0.25, 0.3) is 0 Å². The zero-order valence-corrected chi connectivity index (χ0v) is 10.3. The molecule has 0 radical (unpaired) electrons. The van der Waals surface area contributed by atoms with Crippen LogP contribution in [0, 0.1) is 18.3 Å². The summed E-state index contributed by atoms with van der Waals surface area (Å²) >= 11 is 0. The third kappa shape index (κ3) is 3.12. The number of rotatable bonds is 5. The third-order valence-corrected chi connectivity index (χ3v) is 3.22. The zero-order chi connectivity index (χ0) is 13.0. The standard InChI is InChI=1S/C15H18N2O/c1-2-6-13(16)15(18)17-14(12-9-10-12)11-7-4-3-5-8-11/h1,3-5,7-8,12-14H,6,9-10,16H2,(H,17,18). The minimum absolute atomic E-state index is 0.0718. The molecule has 0 aromatic heterocycles. The van der Waals surface area contributed by atoms with E-state index < -0.39 is 6.04 Å². The van der Waals surface area contributed by atoms with Crippen LogP contribution in [0.1, 0.15) is 30.9 Å². The highest BCUT2D eigenvalue weighted by atomic mass is 16.2. The van der Waals surface area contributed by atoms with Crippen LogP contribution in [-0.2, 0) is 4.79 Å². The summed E-state index contributed by atoms with van der Waals surface area (Å²) in [6.07, 6.45) is 7.76. The normalized spacial score (nSPS) is 17.6. The van der Waals surface area contributed by atoms with Gasteiger partial charge in [-0.3, -0.25) is 4.79 Å². The maximum Gasteiger partial charge on any atom is 0.238 e. The number of nitrogens with one attached hydrogen (secondary N) is 1. The number of carbonyl (C=O) groups is 1. The van der Waals surface area contributed by atoms with Crippen LogP contribution in [0.25, 0.3) is 0 Å². The lowest BCUT2D eigenvalue weighted by Gasteiger charge is -2.20. The van der Waals surface area contributed by atoms with E-state index in [1.807, 2.05) is 30.3 Å². The Morgan fingerprint density at radius 1 is 1.44 bits per heavy atom. The molecule has 1 aliphatic carbocycles. The molecule has 3 nitrogen and oxygen atoms in total. The van der Waals surface area contributed by atoms with E-state index in [1.165, 1.54) is 0 Å². The first-order chi connectivity index (χ1) is 8.72. The lowest BCUT2D eigenvalue weighted by Crippen LogP contribution is -2.42. The van der Waals surface area contributed by atoms with Gasteiger partial charge in [0, 0.05) is 6.42 Å². The van der Waals surface area contributed by atoms with E-state index in [0.29, 0.717) is 5.92 Å². The van der Waals surface area contributed by atoms with E-state index in [4.69, 9.17) is 12.2 Å². The fourth-order valence-corrected chi connectivity index (χ4v) is 2.04. The van der Waals surface area contributed by atoms with E-state index >= 15 is 0 Å². The van der Waals surface area contributed by atoms with Crippen LogP contribution >= 0.6 is 0 Å². The molecule has 0 spiro atoms. The van der Waals surface area contributed by atoms with Crippen LogP contribution in [0.3, 0.4) is 0 Å². The maximum atomic E-state index is 11.9. The maximum absolute atomic E-state index is 11.9. The van der Waals surface area contributed by atoms with Gasteiger partial charge in [-0.2, -0.15) is 0 Å². The zero-order valence-electron chi connectivity index (χ0n) is 10.3. The molecule has 1 aliphatic rings. The molecule has 2 rings (SSSR count). The Hall–Kier alpha value is -1.79. The number of terminal acetylenes is 1. The van der Waals surface area contributed by atoms with Gasteiger partial charge in [0.2, 0.25) is 5.91 Å². The molecule has 2 unspecified atom stereocenters. The minimum Gasteiger partial charge on any atom is -0.348 e. The average Bonchev–Trinajstić information content (AvgIpc) is 3.21. The SMILES string of the molecule is C#CCC(N)C(=O)NC(c1ccccc1)C1CC1. The highest BCUT2D eigenvalue weighted by Gasteiger charge is 2.33. The quantitative estimate of drug-likeness (QED) is 0.771. The Morgan fingerprint density at radius 2 is 2.11 bits per heavy atom. The number of hydrogen-bond acceptors (Lipinski definition) is 2. The lowest BCUT2D eigenvalue weighted by atomic mass is 10.0. The Kier molecular flexibility index (Phi) is 4.01. The summed E-state index contributed by atoms with van der Waals surface area (Å²) < 4.78 is 0. The molecule has 18 heavy (non-hydrogen) atoms. The van der Waals surface area contributed by atoms with Crippen LogP contribution < -0.4 is 11.1 Å². The molecule has 1 amide bonds. The minimum atomic E-state index is -0.611. The van der Waals surface area contributed by atoms with Gasteiger partial charge in [0.1, 0.15) is 0 Å². The largest absolute Gasteiger partial charge is 0.348 e. The summed E-state index contributed by atoms with van der Waals surface area (Å²) in [5, 5.41) is 3.02. The second-order valence-corrected chi connectivity index (χ2v) is 4.75. The molecular weight excluding hydrogens is 224 g/mol. The van der Waals surface area contributed by atoms with Gasteiger partial charge in [-0.1, -0.05) is 30.3 Å². The van der Waals surface area contributed by atoms with Gasteiger partial charge >= 0.3 is 0 Å². The number of hydrogen-bond donors (Lipinski definition) is 2. The highest BCUT2D eigenvalue weighted by Crippen LogP contribution is 2.40. The topological polar surface area (TPSA) is 55.1 Å². The number of benzene rings is 1. The van der Waals surface area contributed by atoms with Crippen molar-refractivity contribution in [3.05, 3.63) is 35.9 Å². The molecule has 3 N–H and O–H groups in total. The van der Waals surface area contributed by atoms with E-state index in [1.54, 1.807) is 0 Å². The van der Waals surface area contributed by atoms with Crippen molar-refractivity contribution in [1.82, 2.24) is 5.32 Å². The summed E-state index contributed by atoms with van der Waals surface area (Å²) in [5.74, 6) is 2.80. The summed E-state index contributed by atoms with van der Waals surface area (Å²) in [4.78, 5) is 11.9. The van der Waals surface area contributed by atoms with Gasteiger partial charge in [-0.25, -0.2) is 0 Å². The number of amides is 1. The molecule has 0 bridgehead atoms. The van der Waals surface area contributed by atoms with Gasteiger partial charge < -0.3 is 11.1 Å². The molecule has 0 heterocycles. The van der Waals surface area contributed by atoms with Gasteiger partial charge in [0.05, 0.1) is 12.1 Å². The van der Waals surface area contributed by atoms with Crippen LogP contribution in [0.15, 0.2) is 30.3 Å². The second-order valence-electron chi connectivity index (χ2n) is 4.75. The number of carbonyl (C=O) groups excluding carboxylic acids is 1. The summed E-state index contributed by atoms with van der Waals surface area (Å²) in [6, 6.07) is 9.48. The van der Waals surface area contributed by atoms with E-state index in [0.717, 1.165) is 18.4 Å². The van der Waals surface area contributed by atoms with Crippen LogP contribution in [0.4, 0.5) is 0 Å². The highest BCUT2D eigenvalue weighted by molar-refractivity contribution is 5.82. The molecule has 2 atom stereocenters. The first kappa shape index (κ1) is 12.7. The van der Waals surface area contributed by atoms with E-state index in [2.05, 4.69) is 11.2 Å². The van der Waals surface area contributed by atoms with Crippen LogP contribution in [-0.4, -0.2) is 11.9 Å². The van der Waals surface area contributed by atoms with Crippen molar-refractivity contribution in [3.63, 3.8) is 0 Å². The monoisotopic (exact) mass is 242 g/mol. The molecule has 1 aromatic carbocycles. The predicted octanol–water partition coefficient (Wildman–Crippen LogP) is 1.60. The molecule has 0 saturated heterocycles. The molecule has 1 fully saturated rings. The number of nitrogens with two attached hydrogens (primary N) is 1. The fraction of sp³-hybridized carbons (Fsp3) is 0.400. The molecule has 1 saturated carbocycles. The van der Waals surface area contributed by atoms with Gasteiger partial charge in [-0.15, -0.1) is 12.3 Å². The lowest BCUT2D eigenvalue weighted by molar-refractivity contribution is -0.123. The van der Waals surface area contributed by atoms with Crippen molar-refractivity contribution >= 4 is 5.91 Å². The van der Waals surface area contributed by atoms with Crippen LogP contribution in [0.5, 0.6) is 0 Å². The van der Waals surface area contributed by atoms with Crippen molar-refractivity contribution in [3.8, 4) is 12.3 Å². The molecule has 0 aliphatic heterocycles. The Balaban J connectivity index is 2.04.